The maximum Gasteiger partial charge on any atom is 0.161 e. The van der Waals surface area contributed by atoms with Crippen LogP contribution >= 0.6 is 24.0 Å². The van der Waals surface area contributed by atoms with Crippen LogP contribution in [0.15, 0.2) is 36.4 Å². The minimum atomic E-state index is 0.730. The maximum absolute atomic E-state index is 5.60. The van der Waals surface area contributed by atoms with E-state index in [0.717, 1.165) is 64.9 Å². The Kier molecular flexibility index (Phi) is 8.07. The minimum Gasteiger partial charge on any atom is -0.493 e. The van der Waals surface area contributed by atoms with Crippen molar-refractivity contribution in [2.24, 2.45) is 0 Å². The van der Waals surface area contributed by atoms with Gasteiger partial charge in [0.05, 0.1) is 41.0 Å². The number of benzene rings is 2. The van der Waals surface area contributed by atoms with E-state index < -0.39 is 0 Å². The first kappa shape index (κ1) is 22.5. The van der Waals surface area contributed by atoms with Crippen LogP contribution in [-0.2, 0) is 13.0 Å². The molecule has 8 heteroatoms. The molecule has 1 heterocycles. The molecule has 30 heavy (non-hydrogen) atoms. The lowest BCUT2D eigenvalue weighted by Gasteiger charge is -2.36. The van der Waals surface area contributed by atoms with Gasteiger partial charge >= 0.3 is 0 Å². The predicted octanol–water partition coefficient (Wildman–Crippen LogP) is 4.01. The third-order valence-corrected chi connectivity index (χ3v) is 6.60. The Morgan fingerprint density at radius 3 is 2.00 bits per heavy atom. The average Bonchev–Trinajstić information content (AvgIpc) is 2.79. The maximum atomic E-state index is 5.60. The molecule has 0 saturated carbocycles. The van der Waals surface area contributed by atoms with E-state index in [4.69, 9.17) is 31.2 Å². The van der Waals surface area contributed by atoms with E-state index in [1.165, 1.54) is 5.56 Å². The van der Waals surface area contributed by atoms with Gasteiger partial charge in [-0.3, -0.25) is 4.90 Å². The zero-order valence-electron chi connectivity index (χ0n) is 17.8. The third-order valence-electron chi connectivity index (χ3n) is 4.99. The normalized spacial score (nSPS) is 14.5. The van der Waals surface area contributed by atoms with Crippen LogP contribution in [0, 0.1) is 0 Å². The van der Waals surface area contributed by atoms with Gasteiger partial charge in [0, 0.05) is 13.1 Å². The van der Waals surface area contributed by atoms with Gasteiger partial charge in [-0.05, 0) is 41.8 Å². The molecule has 0 amide bonds. The van der Waals surface area contributed by atoms with Crippen molar-refractivity contribution in [1.82, 2.24) is 9.80 Å². The molecule has 1 fully saturated rings. The van der Waals surface area contributed by atoms with Crippen LogP contribution in [0.25, 0.3) is 0 Å². The van der Waals surface area contributed by atoms with Crippen molar-refractivity contribution in [3.63, 3.8) is 0 Å². The zero-order valence-corrected chi connectivity index (χ0v) is 19.5. The number of thioether (sulfide) groups is 1. The third kappa shape index (κ3) is 5.50. The highest BCUT2D eigenvalue weighted by molar-refractivity contribution is 8.22. The van der Waals surface area contributed by atoms with Crippen LogP contribution in [0.1, 0.15) is 11.1 Å². The minimum absolute atomic E-state index is 0.730. The quantitative estimate of drug-likeness (QED) is 0.533. The Morgan fingerprint density at radius 1 is 0.833 bits per heavy atom. The van der Waals surface area contributed by atoms with Gasteiger partial charge in [-0.1, -0.05) is 36.1 Å². The Balaban J connectivity index is 1.61. The summed E-state index contributed by atoms with van der Waals surface area (Å²) in [6.45, 7) is 2.47. The highest BCUT2D eigenvalue weighted by Gasteiger charge is 2.22. The molecule has 0 bridgehead atoms. The first-order chi connectivity index (χ1) is 14.6. The van der Waals surface area contributed by atoms with Crippen molar-refractivity contribution in [3.05, 3.63) is 47.5 Å². The second-order valence-electron chi connectivity index (χ2n) is 6.90. The van der Waals surface area contributed by atoms with E-state index in [0.29, 0.717) is 0 Å². The SMILES string of the molecule is COc1ccc(CCN2CSC(=S)N(Cc3ccc(OC)c(OC)c3)C2)cc1OC. The fourth-order valence-corrected chi connectivity index (χ4v) is 4.44. The van der Waals surface area contributed by atoms with Gasteiger partial charge in [0.1, 0.15) is 4.32 Å². The second-order valence-corrected chi connectivity index (χ2v) is 8.48. The van der Waals surface area contributed by atoms with Gasteiger partial charge < -0.3 is 23.8 Å². The number of nitrogens with zero attached hydrogens (tertiary/aromatic N) is 2. The summed E-state index contributed by atoms with van der Waals surface area (Å²) in [7, 11) is 6.61. The molecule has 3 rings (SSSR count). The Hall–Kier alpha value is -2.16. The van der Waals surface area contributed by atoms with Crippen LogP contribution in [0.2, 0.25) is 0 Å². The molecule has 0 N–H and O–H groups in total. The monoisotopic (exact) mass is 448 g/mol. The summed E-state index contributed by atoms with van der Waals surface area (Å²) in [4.78, 5) is 4.62. The summed E-state index contributed by atoms with van der Waals surface area (Å²) in [5.41, 5.74) is 2.36. The second kappa shape index (κ2) is 10.7. The lowest BCUT2D eigenvalue weighted by Crippen LogP contribution is -2.44. The highest BCUT2D eigenvalue weighted by Crippen LogP contribution is 2.30. The summed E-state index contributed by atoms with van der Waals surface area (Å²) < 4.78 is 22.4. The molecule has 2 aromatic carbocycles. The molecule has 0 radical (unpaired) electrons. The molecule has 0 spiro atoms. The summed E-state index contributed by atoms with van der Waals surface area (Å²) >= 11 is 7.31. The molecule has 1 aliphatic heterocycles. The lowest BCUT2D eigenvalue weighted by molar-refractivity contribution is 0.209. The van der Waals surface area contributed by atoms with Crippen molar-refractivity contribution in [2.75, 3.05) is 47.5 Å². The summed E-state index contributed by atoms with van der Waals surface area (Å²) in [5.74, 6) is 3.87. The first-order valence-corrected chi connectivity index (χ1v) is 11.0. The van der Waals surface area contributed by atoms with E-state index in [2.05, 4.69) is 21.9 Å². The molecule has 1 saturated heterocycles. The molecule has 6 nitrogen and oxygen atoms in total. The molecule has 2 aromatic rings. The van der Waals surface area contributed by atoms with E-state index in [1.54, 1.807) is 40.2 Å². The molecular formula is C22H28N2O4S2. The predicted molar refractivity (Wildman–Crippen MR) is 125 cm³/mol. The van der Waals surface area contributed by atoms with Gasteiger partial charge in [-0.2, -0.15) is 0 Å². The zero-order chi connectivity index (χ0) is 21.5. The largest absolute Gasteiger partial charge is 0.493 e. The molecular weight excluding hydrogens is 420 g/mol. The fraction of sp³-hybridized carbons (Fsp3) is 0.409. The Bertz CT molecular complexity index is 878. The van der Waals surface area contributed by atoms with Crippen molar-refractivity contribution in [3.8, 4) is 23.0 Å². The van der Waals surface area contributed by atoms with Crippen molar-refractivity contribution >= 4 is 28.3 Å². The van der Waals surface area contributed by atoms with Crippen LogP contribution < -0.4 is 18.9 Å². The van der Waals surface area contributed by atoms with Gasteiger partial charge in [-0.25, -0.2) is 0 Å². The van der Waals surface area contributed by atoms with E-state index >= 15 is 0 Å². The molecule has 0 aromatic heterocycles. The Morgan fingerprint density at radius 2 is 1.40 bits per heavy atom. The molecule has 162 valence electrons. The number of rotatable bonds is 9. The van der Waals surface area contributed by atoms with Crippen LogP contribution in [0.4, 0.5) is 0 Å². The van der Waals surface area contributed by atoms with E-state index in [1.807, 2.05) is 24.3 Å². The highest BCUT2D eigenvalue weighted by atomic mass is 32.2. The first-order valence-electron chi connectivity index (χ1n) is 9.63. The molecule has 1 aliphatic rings. The Labute approximate surface area is 188 Å². The van der Waals surface area contributed by atoms with E-state index in [-0.39, 0.29) is 0 Å². The van der Waals surface area contributed by atoms with Crippen molar-refractivity contribution in [1.29, 1.82) is 0 Å². The number of hydrogen-bond acceptors (Lipinski definition) is 7. The van der Waals surface area contributed by atoms with Crippen molar-refractivity contribution < 1.29 is 18.9 Å². The fourth-order valence-electron chi connectivity index (χ4n) is 3.35. The average molecular weight is 449 g/mol. The topological polar surface area (TPSA) is 43.4 Å². The lowest BCUT2D eigenvalue weighted by atomic mass is 10.1. The van der Waals surface area contributed by atoms with Gasteiger partial charge in [0.2, 0.25) is 0 Å². The van der Waals surface area contributed by atoms with E-state index in [9.17, 15) is 0 Å². The summed E-state index contributed by atoms with van der Waals surface area (Å²) in [6, 6.07) is 12.1. The van der Waals surface area contributed by atoms with Crippen LogP contribution in [0.3, 0.4) is 0 Å². The smallest absolute Gasteiger partial charge is 0.161 e. The van der Waals surface area contributed by atoms with Crippen LogP contribution in [0.5, 0.6) is 23.0 Å². The van der Waals surface area contributed by atoms with Gasteiger partial charge in [-0.15, -0.1) is 0 Å². The van der Waals surface area contributed by atoms with Gasteiger partial charge in [0.25, 0.3) is 0 Å². The standard InChI is InChI=1S/C22H28N2O4S2/c1-25-18-7-5-16(11-20(18)27-3)9-10-23-14-24(22(29)30-15-23)13-17-6-8-19(26-2)21(12-17)28-4/h5-8,11-12H,9-10,13-15H2,1-4H3. The van der Waals surface area contributed by atoms with Crippen molar-refractivity contribution in [2.45, 2.75) is 13.0 Å². The molecule has 0 unspecified atom stereocenters. The number of ether oxygens (including phenoxy) is 4. The van der Waals surface area contributed by atoms with Gasteiger partial charge in [0.15, 0.2) is 23.0 Å². The summed E-state index contributed by atoms with van der Waals surface area (Å²) in [5, 5.41) is 0. The summed E-state index contributed by atoms with van der Waals surface area (Å²) in [6.07, 6.45) is 0.928. The number of hydrogen-bond donors (Lipinski definition) is 0. The number of thiocarbonyl (C=S) groups is 1. The molecule has 0 aliphatic carbocycles. The molecule has 0 atom stereocenters. The number of methoxy groups -OCH3 is 4. The van der Waals surface area contributed by atoms with Crippen LogP contribution in [-0.4, -0.2) is 61.6 Å².